The molecule has 0 aromatic carbocycles. The molecule has 0 radical (unpaired) electrons. The average Bonchev–Trinajstić information content (AvgIpc) is 2.72. The predicted octanol–water partition coefficient (Wildman–Crippen LogP) is -1.31. The molecule has 2 aliphatic carbocycles. The molecule has 0 aliphatic heterocycles. The molecule has 0 spiro atoms. The Kier molecular flexibility index (Phi) is 1.52. The molecule has 2 fully saturated rings. The Morgan fingerprint density at radius 3 is 2.36 bits per heavy atom. The van der Waals surface area contributed by atoms with Gasteiger partial charge in [-0.15, -0.1) is 0 Å². The first-order valence-corrected chi connectivity index (χ1v) is 4.17. The summed E-state index contributed by atoms with van der Waals surface area (Å²) in [6.07, 6.45) is -0.249. The Hall–Kier alpha value is -1.43. The summed E-state index contributed by atoms with van der Waals surface area (Å²) in [5.41, 5.74) is 3.86. The number of fused-ring (bicyclic) bond motifs is 1. The Bertz CT molecular complexity index is 348. The van der Waals surface area contributed by atoms with E-state index in [1.807, 2.05) is 0 Å². The van der Waals surface area contributed by atoms with Crippen molar-refractivity contribution in [3.05, 3.63) is 0 Å². The lowest BCUT2D eigenvalue weighted by Crippen LogP contribution is -2.50. The lowest BCUT2D eigenvalue weighted by molar-refractivity contribution is -0.146. The summed E-state index contributed by atoms with van der Waals surface area (Å²) >= 11 is 0. The monoisotopic (exact) mass is 199 g/mol. The second-order valence-corrected chi connectivity index (χ2v) is 3.90. The van der Waals surface area contributed by atoms with Crippen LogP contribution in [0, 0.1) is 17.8 Å². The summed E-state index contributed by atoms with van der Waals surface area (Å²) in [4.78, 5) is 32.7. The highest BCUT2D eigenvalue weighted by Crippen LogP contribution is 2.59. The standard InChI is InChI=1S/C8H9NO5/c9-8(7(13)14)1-2(10)3-4(5(3)8)6(11)12/h3-5H,1,9H2,(H,11,12)(H,13,14). The van der Waals surface area contributed by atoms with Crippen LogP contribution in [0.15, 0.2) is 0 Å². The molecule has 6 nitrogen and oxygen atoms in total. The van der Waals surface area contributed by atoms with Crippen molar-refractivity contribution >= 4 is 17.7 Å². The highest BCUT2D eigenvalue weighted by Gasteiger charge is 2.74. The van der Waals surface area contributed by atoms with Crippen LogP contribution in [0.5, 0.6) is 0 Å². The van der Waals surface area contributed by atoms with Gasteiger partial charge in [0.25, 0.3) is 0 Å². The Morgan fingerprint density at radius 1 is 1.43 bits per heavy atom. The minimum absolute atomic E-state index is 0.249. The van der Waals surface area contributed by atoms with Crippen LogP contribution in [-0.4, -0.2) is 33.5 Å². The van der Waals surface area contributed by atoms with Gasteiger partial charge in [-0.25, -0.2) is 0 Å². The maximum Gasteiger partial charge on any atom is 0.324 e. The second-order valence-electron chi connectivity index (χ2n) is 3.90. The molecule has 2 aliphatic rings. The first-order valence-electron chi connectivity index (χ1n) is 4.17. The van der Waals surface area contributed by atoms with Crippen LogP contribution in [0.4, 0.5) is 0 Å². The summed E-state index contributed by atoms with van der Waals surface area (Å²) in [7, 11) is 0. The molecule has 0 amide bonds. The number of carbonyl (C=O) groups is 3. The molecular formula is C8H9NO5. The summed E-state index contributed by atoms with van der Waals surface area (Å²) in [6, 6.07) is 0. The van der Waals surface area contributed by atoms with Crippen LogP contribution in [-0.2, 0) is 14.4 Å². The molecule has 0 aromatic heterocycles. The van der Waals surface area contributed by atoms with E-state index >= 15 is 0 Å². The fourth-order valence-electron chi connectivity index (χ4n) is 2.40. The fourth-order valence-corrected chi connectivity index (χ4v) is 2.40. The van der Waals surface area contributed by atoms with Crippen molar-refractivity contribution in [2.75, 3.05) is 0 Å². The van der Waals surface area contributed by atoms with E-state index in [0.29, 0.717) is 0 Å². The first-order chi connectivity index (χ1) is 6.39. The first kappa shape index (κ1) is 9.14. The number of hydrogen-bond donors (Lipinski definition) is 3. The highest BCUT2D eigenvalue weighted by atomic mass is 16.4. The molecule has 6 heteroatoms. The van der Waals surface area contributed by atoms with Crippen LogP contribution in [0.3, 0.4) is 0 Å². The van der Waals surface area contributed by atoms with Crippen molar-refractivity contribution in [1.29, 1.82) is 0 Å². The number of carbonyl (C=O) groups excluding carboxylic acids is 1. The van der Waals surface area contributed by atoms with Gasteiger partial charge in [0.05, 0.1) is 5.92 Å². The number of nitrogens with two attached hydrogens (primary N) is 1. The topological polar surface area (TPSA) is 118 Å². The van der Waals surface area contributed by atoms with Crippen LogP contribution in [0.1, 0.15) is 6.42 Å². The molecule has 4 N–H and O–H groups in total. The number of aliphatic carboxylic acids is 2. The average molecular weight is 199 g/mol. The van der Waals surface area contributed by atoms with Gasteiger partial charge < -0.3 is 15.9 Å². The smallest absolute Gasteiger partial charge is 0.324 e. The predicted molar refractivity (Wildman–Crippen MR) is 42.3 cm³/mol. The molecule has 4 atom stereocenters. The zero-order chi connectivity index (χ0) is 10.7. The summed E-state index contributed by atoms with van der Waals surface area (Å²) < 4.78 is 0. The van der Waals surface area contributed by atoms with Crippen molar-refractivity contribution < 1.29 is 24.6 Å². The number of hydrogen-bond acceptors (Lipinski definition) is 4. The Balaban J connectivity index is 2.31. The molecular weight excluding hydrogens is 190 g/mol. The lowest BCUT2D eigenvalue weighted by Gasteiger charge is -2.19. The van der Waals surface area contributed by atoms with E-state index in [1.54, 1.807) is 0 Å². The summed E-state index contributed by atoms with van der Waals surface area (Å²) in [6.45, 7) is 0. The van der Waals surface area contributed by atoms with E-state index in [-0.39, 0.29) is 12.2 Å². The third-order valence-electron chi connectivity index (χ3n) is 3.14. The molecule has 14 heavy (non-hydrogen) atoms. The molecule has 0 aromatic rings. The largest absolute Gasteiger partial charge is 0.481 e. The van der Waals surface area contributed by atoms with Gasteiger partial charge in [-0.2, -0.15) is 0 Å². The number of rotatable bonds is 2. The SMILES string of the molecule is NC1(C(=O)O)CC(=O)C2C(C(=O)O)C21. The Labute approximate surface area is 78.7 Å². The maximum absolute atomic E-state index is 11.2. The third-order valence-corrected chi connectivity index (χ3v) is 3.14. The third kappa shape index (κ3) is 0.859. The molecule has 2 saturated carbocycles. The second kappa shape index (κ2) is 2.33. The van der Waals surface area contributed by atoms with Crippen LogP contribution in [0.2, 0.25) is 0 Å². The molecule has 0 heterocycles. The van der Waals surface area contributed by atoms with E-state index in [2.05, 4.69) is 0 Å². The number of Topliss-reactive ketones (excluding diaryl/α,β-unsaturated/α-hetero) is 1. The minimum Gasteiger partial charge on any atom is -0.481 e. The van der Waals surface area contributed by atoms with Crippen molar-refractivity contribution in [2.45, 2.75) is 12.0 Å². The van der Waals surface area contributed by atoms with E-state index < -0.39 is 35.2 Å². The van der Waals surface area contributed by atoms with Gasteiger partial charge in [-0.05, 0) is 0 Å². The van der Waals surface area contributed by atoms with Crippen molar-refractivity contribution in [3.63, 3.8) is 0 Å². The normalized spacial score (nSPS) is 44.6. The maximum atomic E-state index is 11.2. The van der Waals surface area contributed by atoms with Crippen LogP contribution in [0.25, 0.3) is 0 Å². The van der Waals surface area contributed by atoms with Gasteiger partial charge in [0.15, 0.2) is 0 Å². The van der Waals surface area contributed by atoms with E-state index in [1.165, 1.54) is 0 Å². The molecule has 2 rings (SSSR count). The molecule has 0 saturated heterocycles. The van der Waals surface area contributed by atoms with Crippen LogP contribution >= 0.6 is 0 Å². The van der Waals surface area contributed by atoms with Gasteiger partial charge in [-0.3, -0.25) is 14.4 Å². The number of ketones is 1. The van der Waals surface area contributed by atoms with E-state index in [0.717, 1.165) is 0 Å². The molecule has 0 bridgehead atoms. The van der Waals surface area contributed by atoms with Gasteiger partial charge in [0.1, 0.15) is 11.3 Å². The lowest BCUT2D eigenvalue weighted by atomic mass is 9.91. The fraction of sp³-hybridized carbons (Fsp3) is 0.625. The van der Waals surface area contributed by atoms with Gasteiger partial charge in [0, 0.05) is 18.3 Å². The zero-order valence-corrected chi connectivity index (χ0v) is 7.14. The molecule has 76 valence electrons. The zero-order valence-electron chi connectivity index (χ0n) is 7.14. The van der Waals surface area contributed by atoms with E-state index in [9.17, 15) is 14.4 Å². The summed E-state index contributed by atoms with van der Waals surface area (Å²) in [5.74, 6) is -5.05. The van der Waals surface area contributed by atoms with Crippen molar-refractivity contribution in [1.82, 2.24) is 0 Å². The minimum atomic E-state index is -1.66. The van der Waals surface area contributed by atoms with Crippen molar-refractivity contribution in [3.8, 4) is 0 Å². The number of carboxylic acid groups (broad SMARTS) is 2. The van der Waals surface area contributed by atoms with Gasteiger partial charge >= 0.3 is 11.9 Å². The van der Waals surface area contributed by atoms with E-state index in [4.69, 9.17) is 15.9 Å². The van der Waals surface area contributed by atoms with Crippen molar-refractivity contribution in [2.24, 2.45) is 23.5 Å². The summed E-state index contributed by atoms with van der Waals surface area (Å²) in [5, 5.41) is 17.5. The van der Waals surface area contributed by atoms with Crippen LogP contribution < -0.4 is 5.73 Å². The Morgan fingerprint density at radius 2 is 2.00 bits per heavy atom. The quantitative estimate of drug-likeness (QED) is 0.508. The highest BCUT2D eigenvalue weighted by molar-refractivity contribution is 6.02. The number of carboxylic acids is 2. The van der Waals surface area contributed by atoms with Gasteiger partial charge in [-0.1, -0.05) is 0 Å². The van der Waals surface area contributed by atoms with Gasteiger partial charge in [0.2, 0.25) is 0 Å². The molecule has 4 unspecified atom stereocenters.